The second-order valence-electron chi connectivity index (χ2n) is 4.30. The van der Waals surface area contributed by atoms with Crippen molar-refractivity contribution >= 4 is 17.2 Å². The standard InChI is InChI=1S/C16H16N2OS/c1-12-7-9-20-15(12)11-18-16(19)14-6-2-4-13(10-14)5-3-8-17/h2,4,6-7,9-10H,8,11,17H2,1H3,(H,18,19). The fourth-order valence-electron chi connectivity index (χ4n) is 1.74. The number of thiophene rings is 1. The van der Waals surface area contributed by atoms with Gasteiger partial charge in [-0.2, -0.15) is 0 Å². The van der Waals surface area contributed by atoms with Crippen LogP contribution in [0.1, 0.15) is 26.4 Å². The molecule has 0 spiro atoms. The first-order chi connectivity index (χ1) is 9.70. The minimum Gasteiger partial charge on any atom is -0.347 e. The van der Waals surface area contributed by atoms with Crippen molar-refractivity contribution in [2.75, 3.05) is 6.54 Å². The SMILES string of the molecule is Cc1ccsc1CNC(=O)c1cccc(C#CCN)c1. The number of amides is 1. The number of rotatable bonds is 3. The van der Waals surface area contributed by atoms with Crippen LogP contribution >= 0.6 is 11.3 Å². The van der Waals surface area contributed by atoms with Gasteiger partial charge in [-0.05, 0) is 42.1 Å². The fraction of sp³-hybridized carbons (Fsp3) is 0.188. The van der Waals surface area contributed by atoms with E-state index < -0.39 is 0 Å². The molecule has 3 N–H and O–H groups in total. The number of benzene rings is 1. The number of hydrogen-bond acceptors (Lipinski definition) is 3. The summed E-state index contributed by atoms with van der Waals surface area (Å²) in [5, 5.41) is 4.95. The smallest absolute Gasteiger partial charge is 0.251 e. The van der Waals surface area contributed by atoms with Gasteiger partial charge in [-0.1, -0.05) is 17.9 Å². The molecule has 4 heteroatoms. The molecular weight excluding hydrogens is 268 g/mol. The molecule has 0 aliphatic rings. The summed E-state index contributed by atoms with van der Waals surface area (Å²) < 4.78 is 0. The molecule has 0 aliphatic heterocycles. The van der Waals surface area contributed by atoms with E-state index >= 15 is 0 Å². The Balaban J connectivity index is 2.04. The maximum absolute atomic E-state index is 12.1. The third-order valence-electron chi connectivity index (χ3n) is 2.84. The molecule has 0 aliphatic carbocycles. The average molecular weight is 284 g/mol. The highest BCUT2D eigenvalue weighted by molar-refractivity contribution is 7.10. The van der Waals surface area contributed by atoms with Crippen molar-refractivity contribution in [2.24, 2.45) is 5.73 Å². The van der Waals surface area contributed by atoms with Crippen molar-refractivity contribution in [1.82, 2.24) is 5.32 Å². The van der Waals surface area contributed by atoms with Crippen molar-refractivity contribution in [3.63, 3.8) is 0 Å². The van der Waals surface area contributed by atoms with Crippen LogP contribution in [0.2, 0.25) is 0 Å². The summed E-state index contributed by atoms with van der Waals surface area (Å²) in [6.07, 6.45) is 0. The Kier molecular flexibility index (Phi) is 4.94. The van der Waals surface area contributed by atoms with Crippen molar-refractivity contribution in [3.05, 3.63) is 57.3 Å². The van der Waals surface area contributed by atoms with Crippen molar-refractivity contribution in [2.45, 2.75) is 13.5 Å². The second kappa shape index (κ2) is 6.90. The molecule has 0 atom stereocenters. The molecule has 1 aromatic carbocycles. The Labute approximate surface area is 122 Å². The predicted octanol–water partition coefficient (Wildman–Crippen LogP) is 2.30. The highest BCUT2D eigenvalue weighted by Gasteiger charge is 2.07. The summed E-state index contributed by atoms with van der Waals surface area (Å²) in [5.41, 5.74) is 7.96. The van der Waals surface area contributed by atoms with Crippen molar-refractivity contribution in [1.29, 1.82) is 0 Å². The van der Waals surface area contributed by atoms with E-state index in [1.807, 2.05) is 24.4 Å². The lowest BCUT2D eigenvalue weighted by molar-refractivity contribution is 0.0951. The lowest BCUT2D eigenvalue weighted by atomic mass is 10.1. The van der Waals surface area contributed by atoms with E-state index in [0.717, 1.165) is 5.56 Å². The number of nitrogens with two attached hydrogens (primary N) is 1. The van der Waals surface area contributed by atoms with E-state index in [-0.39, 0.29) is 5.91 Å². The summed E-state index contributed by atoms with van der Waals surface area (Å²) in [5.74, 6) is 5.62. The average Bonchev–Trinajstić information content (AvgIpc) is 2.88. The van der Waals surface area contributed by atoms with Crippen LogP contribution in [-0.4, -0.2) is 12.5 Å². The Morgan fingerprint density at radius 2 is 2.25 bits per heavy atom. The summed E-state index contributed by atoms with van der Waals surface area (Å²) in [4.78, 5) is 13.3. The number of nitrogens with one attached hydrogen (secondary N) is 1. The molecule has 0 fully saturated rings. The Bertz CT molecular complexity index is 664. The number of carbonyl (C=O) groups excluding carboxylic acids is 1. The monoisotopic (exact) mass is 284 g/mol. The molecule has 1 aromatic heterocycles. The van der Waals surface area contributed by atoms with Crippen LogP contribution < -0.4 is 11.1 Å². The topological polar surface area (TPSA) is 55.1 Å². The number of carbonyl (C=O) groups is 1. The molecule has 0 radical (unpaired) electrons. The molecule has 0 saturated heterocycles. The summed E-state index contributed by atoms with van der Waals surface area (Å²) in [6, 6.07) is 9.30. The predicted molar refractivity (Wildman–Crippen MR) is 82.6 cm³/mol. The van der Waals surface area contributed by atoms with Crippen LogP contribution in [0.3, 0.4) is 0 Å². The Morgan fingerprint density at radius 3 is 2.95 bits per heavy atom. The summed E-state index contributed by atoms with van der Waals surface area (Å²) in [6.45, 7) is 2.91. The summed E-state index contributed by atoms with van der Waals surface area (Å²) in [7, 11) is 0. The molecule has 0 bridgehead atoms. The van der Waals surface area contributed by atoms with Gasteiger partial charge in [-0.25, -0.2) is 0 Å². The molecule has 1 heterocycles. The van der Waals surface area contributed by atoms with Crippen LogP contribution in [0, 0.1) is 18.8 Å². The number of aryl methyl sites for hydroxylation is 1. The first-order valence-electron chi connectivity index (χ1n) is 6.31. The van der Waals surface area contributed by atoms with Crippen molar-refractivity contribution in [3.8, 4) is 11.8 Å². The zero-order valence-corrected chi connectivity index (χ0v) is 12.1. The highest BCUT2D eigenvalue weighted by Crippen LogP contribution is 2.15. The van der Waals surface area contributed by atoms with Crippen LogP contribution in [0.5, 0.6) is 0 Å². The molecule has 102 valence electrons. The first-order valence-corrected chi connectivity index (χ1v) is 7.19. The molecule has 3 nitrogen and oxygen atoms in total. The molecule has 2 aromatic rings. The van der Waals surface area contributed by atoms with E-state index in [4.69, 9.17) is 5.73 Å². The fourth-order valence-corrected chi connectivity index (χ4v) is 2.58. The third kappa shape index (κ3) is 3.70. The van der Waals surface area contributed by atoms with Crippen LogP contribution in [0.4, 0.5) is 0 Å². The van der Waals surface area contributed by atoms with Crippen LogP contribution in [0.25, 0.3) is 0 Å². The largest absolute Gasteiger partial charge is 0.347 e. The van der Waals surface area contributed by atoms with Gasteiger partial charge < -0.3 is 11.1 Å². The van der Waals surface area contributed by atoms with Gasteiger partial charge in [0.1, 0.15) is 0 Å². The lowest BCUT2D eigenvalue weighted by Gasteiger charge is -2.05. The van der Waals surface area contributed by atoms with Gasteiger partial charge in [0.25, 0.3) is 5.91 Å². The van der Waals surface area contributed by atoms with Gasteiger partial charge in [-0.3, -0.25) is 4.79 Å². The van der Waals surface area contributed by atoms with E-state index in [2.05, 4.69) is 23.2 Å². The minimum absolute atomic E-state index is 0.0887. The Hall–Kier alpha value is -2.09. The maximum atomic E-state index is 12.1. The van der Waals surface area contributed by atoms with Gasteiger partial charge in [0, 0.05) is 16.0 Å². The molecular formula is C16H16N2OS. The van der Waals surface area contributed by atoms with E-state index in [0.29, 0.717) is 18.7 Å². The normalized spacial score (nSPS) is 9.70. The Morgan fingerprint density at radius 1 is 1.40 bits per heavy atom. The van der Waals surface area contributed by atoms with Gasteiger partial charge >= 0.3 is 0 Å². The molecule has 0 saturated carbocycles. The van der Waals surface area contributed by atoms with Crippen molar-refractivity contribution < 1.29 is 4.79 Å². The van der Waals surface area contributed by atoms with Gasteiger partial charge in [-0.15, -0.1) is 11.3 Å². The van der Waals surface area contributed by atoms with Gasteiger partial charge in [0.2, 0.25) is 0 Å². The minimum atomic E-state index is -0.0887. The molecule has 0 unspecified atom stereocenters. The van der Waals surface area contributed by atoms with Gasteiger partial charge in [0.05, 0.1) is 13.1 Å². The maximum Gasteiger partial charge on any atom is 0.251 e. The lowest BCUT2D eigenvalue weighted by Crippen LogP contribution is -2.22. The van der Waals surface area contributed by atoms with E-state index in [1.54, 1.807) is 23.5 Å². The zero-order chi connectivity index (χ0) is 14.4. The summed E-state index contributed by atoms with van der Waals surface area (Å²) >= 11 is 1.65. The molecule has 1 amide bonds. The molecule has 2 rings (SSSR count). The van der Waals surface area contributed by atoms with E-state index in [9.17, 15) is 4.79 Å². The van der Waals surface area contributed by atoms with Crippen LogP contribution in [0.15, 0.2) is 35.7 Å². The highest BCUT2D eigenvalue weighted by atomic mass is 32.1. The first kappa shape index (κ1) is 14.3. The second-order valence-corrected chi connectivity index (χ2v) is 5.30. The molecule has 20 heavy (non-hydrogen) atoms. The third-order valence-corrected chi connectivity index (χ3v) is 3.86. The van der Waals surface area contributed by atoms with Gasteiger partial charge in [0.15, 0.2) is 0 Å². The number of hydrogen-bond donors (Lipinski definition) is 2. The zero-order valence-electron chi connectivity index (χ0n) is 11.3. The quantitative estimate of drug-likeness (QED) is 0.850. The van der Waals surface area contributed by atoms with E-state index in [1.165, 1.54) is 10.4 Å². The van der Waals surface area contributed by atoms with Crippen LogP contribution in [-0.2, 0) is 6.54 Å².